The van der Waals surface area contributed by atoms with Gasteiger partial charge in [-0.2, -0.15) is 9.49 Å². The van der Waals surface area contributed by atoms with Crippen LogP contribution in [0.5, 0.6) is 5.75 Å². The lowest BCUT2D eigenvalue weighted by atomic mass is 10.1. The van der Waals surface area contributed by atoms with Crippen molar-refractivity contribution >= 4 is 34.9 Å². The zero-order chi connectivity index (χ0) is 26.9. The lowest BCUT2D eigenvalue weighted by Crippen LogP contribution is -2.21. The normalized spacial score (nSPS) is 13.2. The highest BCUT2D eigenvalue weighted by molar-refractivity contribution is 6.13. The Balaban J connectivity index is 1.44. The zero-order valence-electron chi connectivity index (χ0n) is 18.8. The van der Waals surface area contributed by atoms with Gasteiger partial charge in [-0.25, -0.2) is 9.67 Å². The summed E-state index contributed by atoms with van der Waals surface area (Å²) in [5.41, 5.74) is 10.5. The fourth-order valence-corrected chi connectivity index (χ4v) is 3.43. The minimum atomic E-state index is -4.84. The number of rotatable bonds is 8. The number of anilines is 3. The first kappa shape index (κ1) is 25.4. The van der Waals surface area contributed by atoms with Gasteiger partial charge < -0.3 is 26.8 Å². The first-order valence-electron chi connectivity index (χ1n) is 10.7. The molecule has 2 heterocycles. The highest BCUT2D eigenvalue weighted by Gasteiger charge is 2.33. The van der Waals surface area contributed by atoms with Crippen molar-refractivity contribution in [2.24, 2.45) is 5.73 Å². The number of carbonyl (C=O) groups is 3. The molecule has 0 atom stereocenters. The van der Waals surface area contributed by atoms with Crippen LogP contribution in [0.4, 0.5) is 34.8 Å². The number of pyridine rings is 1. The third-order valence-corrected chi connectivity index (χ3v) is 5.19. The number of ether oxygens (including phenoxy) is 1. The Morgan fingerprint density at radius 1 is 1.14 bits per heavy atom. The van der Waals surface area contributed by atoms with Crippen LogP contribution in [0.15, 0.2) is 36.5 Å². The van der Waals surface area contributed by atoms with E-state index in [1.54, 1.807) is 0 Å². The van der Waals surface area contributed by atoms with Gasteiger partial charge in [0.05, 0.1) is 30.0 Å². The molecule has 0 radical (unpaired) electrons. The molecule has 1 aromatic carbocycles. The van der Waals surface area contributed by atoms with Gasteiger partial charge in [0.1, 0.15) is 17.1 Å². The van der Waals surface area contributed by atoms with Crippen LogP contribution in [0.25, 0.3) is 0 Å². The second-order valence-electron chi connectivity index (χ2n) is 8.08. The van der Waals surface area contributed by atoms with E-state index in [1.807, 2.05) is 0 Å². The molecule has 4 rings (SSSR count). The van der Waals surface area contributed by atoms with Crippen molar-refractivity contribution in [1.82, 2.24) is 14.8 Å². The Bertz CT molecular complexity index is 1370. The van der Waals surface area contributed by atoms with Crippen molar-refractivity contribution in [1.29, 1.82) is 0 Å². The largest absolute Gasteiger partial charge is 0.573 e. The lowest BCUT2D eigenvalue weighted by Gasteiger charge is -2.10. The van der Waals surface area contributed by atoms with Gasteiger partial charge in [0.2, 0.25) is 11.9 Å². The average Bonchev–Trinajstić information content (AvgIpc) is 3.58. The number of amides is 3. The summed E-state index contributed by atoms with van der Waals surface area (Å²) in [4.78, 5) is 40.5. The number of nitrogens with two attached hydrogens (primary N) is 2. The number of aromatic nitrogens is 3. The maximum Gasteiger partial charge on any atom is 0.573 e. The van der Waals surface area contributed by atoms with Gasteiger partial charge in [-0.1, -0.05) is 12.1 Å². The fourth-order valence-electron chi connectivity index (χ4n) is 3.43. The fraction of sp³-hybridized carbons (Fsp3) is 0.227. The Hall–Kier alpha value is -4.69. The second kappa shape index (κ2) is 9.75. The number of hydrogen-bond donors (Lipinski definition) is 4. The van der Waals surface area contributed by atoms with Gasteiger partial charge in [0.15, 0.2) is 5.69 Å². The first-order valence-corrected chi connectivity index (χ1v) is 10.7. The molecule has 0 aliphatic heterocycles. The van der Waals surface area contributed by atoms with Crippen molar-refractivity contribution in [2.75, 3.05) is 16.4 Å². The van der Waals surface area contributed by atoms with Crippen molar-refractivity contribution in [3.8, 4) is 5.75 Å². The second-order valence-corrected chi connectivity index (χ2v) is 8.08. The Kier molecular flexibility index (Phi) is 6.70. The van der Waals surface area contributed by atoms with E-state index in [0.29, 0.717) is 5.56 Å². The van der Waals surface area contributed by atoms with Gasteiger partial charge in [-0.05, 0) is 36.6 Å². The van der Waals surface area contributed by atoms with Crippen molar-refractivity contribution in [3.63, 3.8) is 0 Å². The topological polar surface area (TPSA) is 167 Å². The zero-order valence-corrected chi connectivity index (χ0v) is 18.8. The minimum Gasteiger partial charge on any atom is -0.406 e. The van der Waals surface area contributed by atoms with Gasteiger partial charge in [-0.15, -0.1) is 13.2 Å². The molecule has 1 saturated carbocycles. The number of carbonyl (C=O) groups excluding carboxylic acids is 3. The predicted molar refractivity (Wildman–Crippen MR) is 121 cm³/mol. The molecule has 11 nitrogen and oxygen atoms in total. The van der Waals surface area contributed by atoms with Crippen LogP contribution in [-0.4, -0.2) is 38.8 Å². The SMILES string of the molecule is NC(=O)c1c(C(=O)Nc2cc(NC(=O)Cc3ccc(OC(F)(F)F)cc3)cnc2F)nn(C2CC2)c1N. The molecule has 1 fully saturated rings. The molecule has 6 N–H and O–H groups in total. The minimum absolute atomic E-state index is 0.0110. The summed E-state index contributed by atoms with van der Waals surface area (Å²) in [7, 11) is 0. The number of nitrogens with one attached hydrogen (secondary N) is 2. The quantitative estimate of drug-likeness (QED) is 0.261. The number of halogens is 4. The molecular weight excluding hydrogens is 502 g/mol. The summed E-state index contributed by atoms with van der Waals surface area (Å²) in [5, 5.41) is 8.74. The maximum atomic E-state index is 14.3. The summed E-state index contributed by atoms with van der Waals surface area (Å²) in [5.74, 6) is -4.14. The first-order chi connectivity index (χ1) is 17.4. The predicted octanol–water partition coefficient (Wildman–Crippen LogP) is 2.77. The van der Waals surface area contributed by atoms with E-state index < -0.39 is 41.5 Å². The molecule has 0 unspecified atom stereocenters. The number of nitrogens with zero attached hydrogens (tertiary/aromatic N) is 3. The molecule has 2 aromatic heterocycles. The van der Waals surface area contributed by atoms with Gasteiger partial charge in [0.25, 0.3) is 11.8 Å². The highest BCUT2D eigenvalue weighted by Crippen LogP contribution is 2.37. The van der Waals surface area contributed by atoms with E-state index in [0.717, 1.165) is 37.2 Å². The number of nitrogen functional groups attached to an aromatic ring is 1. The standard InChI is InChI=1S/C22H19F4N7O4/c23-18-14(31-21(36)17-16(20(28)35)19(27)33(32-17)12-3-4-12)8-11(9-29-18)30-15(34)7-10-1-5-13(6-2-10)37-22(24,25)26/h1-2,5-6,8-9,12H,3-4,7,27H2,(H2,28,35)(H,30,34)(H,31,36). The van der Waals surface area contributed by atoms with Crippen molar-refractivity contribution in [2.45, 2.75) is 31.7 Å². The molecule has 0 spiro atoms. The van der Waals surface area contributed by atoms with Crippen LogP contribution in [0, 0.1) is 5.95 Å². The third-order valence-electron chi connectivity index (χ3n) is 5.19. The molecule has 15 heteroatoms. The molecule has 1 aliphatic rings. The molecule has 0 saturated heterocycles. The Morgan fingerprint density at radius 3 is 2.41 bits per heavy atom. The van der Waals surface area contributed by atoms with Crippen LogP contribution in [-0.2, 0) is 11.2 Å². The van der Waals surface area contributed by atoms with Gasteiger partial charge in [-0.3, -0.25) is 14.4 Å². The molecule has 194 valence electrons. The summed E-state index contributed by atoms with van der Waals surface area (Å²) in [6, 6.07) is 5.69. The summed E-state index contributed by atoms with van der Waals surface area (Å²) < 4.78 is 56.2. The van der Waals surface area contributed by atoms with Crippen LogP contribution in [0.1, 0.15) is 45.3 Å². The summed E-state index contributed by atoms with van der Waals surface area (Å²) in [6.45, 7) is 0. The average molecular weight is 521 g/mol. The van der Waals surface area contributed by atoms with Crippen LogP contribution < -0.4 is 26.8 Å². The number of alkyl halides is 3. The number of hydrogen-bond acceptors (Lipinski definition) is 7. The Morgan fingerprint density at radius 2 is 1.81 bits per heavy atom. The smallest absolute Gasteiger partial charge is 0.406 e. The highest BCUT2D eigenvalue weighted by atomic mass is 19.4. The van der Waals surface area contributed by atoms with Crippen molar-refractivity contribution < 1.29 is 36.7 Å². The molecule has 37 heavy (non-hydrogen) atoms. The summed E-state index contributed by atoms with van der Waals surface area (Å²) in [6.07, 6.45) is -2.55. The molecule has 3 amide bonds. The number of primary amides is 1. The van der Waals surface area contributed by atoms with Gasteiger partial charge in [0, 0.05) is 0 Å². The molecule has 3 aromatic rings. The third kappa shape index (κ3) is 6.12. The van der Waals surface area contributed by atoms with E-state index in [-0.39, 0.29) is 35.2 Å². The van der Waals surface area contributed by atoms with E-state index in [2.05, 4.69) is 25.5 Å². The summed E-state index contributed by atoms with van der Waals surface area (Å²) >= 11 is 0. The van der Waals surface area contributed by atoms with Crippen molar-refractivity contribution in [3.05, 3.63) is 59.3 Å². The van der Waals surface area contributed by atoms with E-state index >= 15 is 0 Å². The van der Waals surface area contributed by atoms with Crippen LogP contribution >= 0.6 is 0 Å². The maximum absolute atomic E-state index is 14.3. The van der Waals surface area contributed by atoms with Gasteiger partial charge >= 0.3 is 6.36 Å². The molecule has 1 aliphatic carbocycles. The number of benzene rings is 1. The molecule has 0 bridgehead atoms. The monoisotopic (exact) mass is 521 g/mol. The van der Waals surface area contributed by atoms with E-state index in [4.69, 9.17) is 11.5 Å². The lowest BCUT2D eigenvalue weighted by molar-refractivity contribution is -0.274. The van der Waals surface area contributed by atoms with E-state index in [1.165, 1.54) is 16.8 Å². The van der Waals surface area contributed by atoms with Crippen LogP contribution in [0.2, 0.25) is 0 Å². The Labute approximate surface area is 205 Å². The molecular formula is C22H19F4N7O4. The van der Waals surface area contributed by atoms with Crippen LogP contribution in [0.3, 0.4) is 0 Å². The van der Waals surface area contributed by atoms with E-state index in [9.17, 15) is 31.9 Å².